The van der Waals surface area contributed by atoms with E-state index in [2.05, 4.69) is 5.32 Å². The fourth-order valence-electron chi connectivity index (χ4n) is 4.83. The Morgan fingerprint density at radius 1 is 0.969 bits per heavy atom. The normalized spacial score (nSPS) is 18.5. The van der Waals surface area contributed by atoms with E-state index in [1.165, 1.54) is 4.90 Å². The predicted octanol–water partition coefficient (Wildman–Crippen LogP) is 2.40. The van der Waals surface area contributed by atoms with Crippen molar-refractivity contribution in [2.45, 2.75) is 88.9 Å². The van der Waals surface area contributed by atoms with E-state index in [1.54, 1.807) is 24.3 Å². The molecule has 1 aromatic rings. The van der Waals surface area contributed by atoms with Crippen LogP contribution in [0.15, 0.2) is 30.3 Å². The third-order valence-corrected chi connectivity index (χ3v) is 6.59. The number of carboxylic acid groups (broad SMARTS) is 1. The molecular formula is C24H34N3O5-. The maximum atomic E-state index is 13.6. The van der Waals surface area contributed by atoms with Crippen LogP contribution in [0.5, 0.6) is 0 Å². The van der Waals surface area contributed by atoms with E-state index in [9.17, 15) is 24.6 Å². The van der Waals surface area contributed by atoms with Gasteiger partial charge < -0.3 is 25.2 Å². The summed E-state index contributed by atoms with van der Waals surface area (Å²) in [5, 5.41) is 25.0. The van der Waals surface area contributed by atoms with Gasteiger partial charge in [-0.2, -0.15) is 0 Å². The van der Waals surface area contributed by atoms with Crippen LogP contribution < -0.4 is 10.4 Å². The van der Waals surface area contributed by atoms with Crippen LogP contribution in [0, 0.1) is 0 Å². The highest BCUT2D eigenvalue weighted by Gasteiger charge is 2.38. The Bertz CT molecular complexity index is 760. The minimum atomic E-state index is -1.56. The largest absolute Gasteiger partial charge is 0.530 e. The molecule has 1 unspecified atom stereocenters. The third-order valence-electron chi connectivity index (χ3n) is 6.59. The Balaban J connectivity index is 1.82. The van der Waals surface area contributed by atoms with E-state index < -0.39 is 30.7 Å². The highest BCUT2D eigenvalue weighted by molar-refractivity contribution is 5.98. The van der Waals surface area contributed by atoms with Crippen molar-refractivity contribution < 1.29 is 24.6 Å². The molecule has 176 valence electrons. The minimum absolute atomic E-state index is 0.0179. The molecule has 2 aliphatic carbocycles. The second-order valence-corrected chi connectivity index (χ2v) is 8.86. The summed E-state index contributed by atoms with van der Waals surface area (Å²) in [4.78, 5) is 40.8. The SMILES string of the molecule is O=C([O-])N(Cc1ccccc1)C(CO)C(=O)N(C(=O)NC1CCCCC1)C1CCCCC1. The maximum absolute atomic E-state index is 13.6. The first-order valence-electron chi connectivity index (χ1n) is 11.8. The molecule has 1 atom stereocenters. The van der Waals surface area contributed by atoms with Crippen molar-refractivity contribution >= 4 is 18.0 Å². The number of amides is 4. The average molecular weight is 445 g/mol. The molecule has 3 rings (SSSR count). The molecule has 8 heteroatoms. The Hall–Kier alpha value is -2.61. The van der Waals surface area contributed by atoms with Crippen molar-refractivity contribution in [1.29, 1.82) is 0 Å². The standard InChI is InChI=1S/C24H35N3O5/c28-17-21(26(24(31)32)16-18-10-4-1-5-11-18)22(29)27(20-14-8-3-9-15-20)23(30)25-19-12-6-2-7-13-19/h1,4-5,10-11,19-21,28H,2-3,6-9,12-17H2,(H,25,30)(H,31,32)/p-1. The number of carbonyl (C=O) groups is 3. The lowest BCUT2D eigenvalue weighted by Crippen LogP contribution is -2.61. The van der Waals surface area contributed by atoms with E-state index in [1.807, 2.05) is 6.07 Å². The van der Waals surface area contributed by atoms with Crippen molar-refractivity contribution in [1.82, 2.24) is 15.1 Å². The molecule has 8 nitrogen and oxygen atoms in total. The van der Waals surface area contributed by atoms with Crippen LogP contribution in [0.4, 0.5) is 9.59 Å². The van der Waals surface area contributed by atoms with Crippen molar-refractivity contribution in [3.63, 3.8) is 0 Å². The van der Waals surface area contributed by atoms with Gasteiger partial charge in [0, 0.05) is 18.6 Å². The van der Waals surface area contributed by atoms with E-state index >= 15 is 0 Å². The molecule has 32 heavy (non-hydrogen) atoms. The fourth-order valence-corrected chi connectivity index (χ4v) is 4.83. The average Bonchev–Trinajstić information content (AvgIpc) is 2.81. The number of benzene rings is 1. The smallest absolute Gasteiger partial charge is 0.324 e. The second kappa shape index (κ2) is 11.9. The fraction of sp³-hybridized carbons (Fsp3) is 0.625. The topological polar surface area (TPSA) is 113 Å². The molecule has 2 fully saturated rings. The van der Waals surface area contributed by atoms with Crippen LogP contribution in [0.3, 0.4) is 0 Å². The Morgan fingerprint density at radius 2 is 1.56 bits per heavy atom. The van der Waals surface area contributed by atoms with E-state index in [4.69, 9.17) is 0 Å². The number of hydrogen-bond acceptors (Lipinski definition) is 5. The molecule has 0 heterocycles. The first kappa shape index (κ1) is 24.0. The van der Waals surface area contributed by atoms with Crippen molar-refractivity contribution in [2.24, 2.45) is 0 Å². The Labute approximate surface area is 189 Å². The van der Waals surface area contributed by atoms with Crippen molar-refractivity contribution in [3.05, 3.63) is 35.9 Å². The molecule has 0 radical (unpaired) electrons. The van der Waals surface area contributed by atoms with Gasteiger partial charge in [-0.25, -0.2) is 4.79 Å². The zero-order valence-electron chi connectivity index (χ0n) is 18.6. The number of carbonyl (C=O) groups excluding carboxylic acids is 3. The van der Waals surface area contributed by atoms with Crippen LogP contribution in [0.1, 0.15) is 69.8 Å². The molecule has 2 saturated carbocycles. The number of hydrogen-bond donors (Lipinski definition) is 2. The second-order valence-electron chi connectivity index (χ2n) is 8.86. The van der Waals surface area contributed by atoms with Crippen LogP contribution >= 0.6 is 0 Å². The predicted molar refractivity (Wildman–Crippen MR) is 117 cm³/mol. The Kier molecular flexibility index (Phi) is 8.90. The summed E-state index contributed by atoms with van der Waals surface area (Å²) < 4.78 is 0. The first-order valence-corrected chi connectivity index (χ1v) is 11.8. The lowest BCUT2D eigenvalue weighted by atomic mass is 9.93. The first-order chi connectivity index (χ1) is 15.5. The van der Waals surface area contributed by atoms with Gasteiger partial charge in [-0.1, -0.05) is 68.9 Å². The zero-order valence-corrected chi connectivity index (χ0v) is 18.6. The monoisotopic (exact) mass is 444 g/mol. The number of imide groups is 1. The summed E-state index contributed by atoms with van der Waals surface area (Å²) in [5.74, 6) is -0.687. The summed E-state index contributed by atoms with van der Waals surface area (Å²) in [7, 11) is 0. The summed E-state index contributed by atoms with van der Waals surface area (Å²) in [6.45, 7) is -0.831. The summed E-state index contributed by atoms with van der Waals surface area (Å²) in [6.07, 6.45) is 7.65. The lowest BCUT2D eigenvalue weighted by molar-refractivity contribution is -0.269. The van der Waals surface area contributed by atoms with Gasteiger partial charge >= 0.3 is 6.03 Å². The summed E-state index contributed by atoms with van der Waals surface area (Å²) in [5.41, 5.74) is 0.666. The van der Waals surface area contributed by atoms with Gasteiger partial charge in [0.1, 0.15) is 12.1 Å². The van der Waals surface area contributed by atoms with Gasteiger partial charge in [-0.15, -0.1) is 0 Å². The third kappa shape index (κ3) is 6.22. The highest BCUT2D eigenvalue weighted by Crippen LogP contribution is 2.25. The summed E-state index contributed by atoms with van der Waals surface area (Å²) >= 11 is 0. The van der Waals surface area contributed by atoms with Crippen molar-refractivity contribution in [3.8, 4) is 0 Å². The molecule has 0 bridgehead atoms. The molecular weight excluding hydrogens is 410 g/mol. The molecule has 2 N–H and O–H groups in total. The number of urea groups is 1. The number of rotatable bonds is 7. The van der Waals surface area contributed by atoms with E-state index in [0.717, 1.165) is 56.3 Å². The molecule has 0 aromatic heterocycles. The molecule has 1 aromatic carbocycles. The molecule has 0 spiro atoms. The lowest BCUT2D eigenvalue weighted by Gasteiger charge is -2.39. The van der Waals surface area contributed by atoms with Gasteiger partial charge in [0.05, 0.1) is 6.61 Å². The van der Waals surface area contributed by atoms with Gasteiger partial charge in [0.25, 0.3) is 5.91 Å². The van der Waals surface area contributed by atoms with Crippen molar-refractivity contribution in [2.75, 3.05) is 6.61 Å². The minimum Gasteiger partial charge on any atom is -0.530 e. The molecule has 2 aliphatic rings. The van der Waals surface area contributed by atoms with E-state index in [0.29, 0.717) is 18.4 Å². The molecule has 4 amide bonds. The molecule has 0 saturated heterocycles. The number of nitrogens with zero attached hydrogens (tertiary/aromatic N) is 2. The maximum Gasteiger partial charge on any atom is 0.324 e. The zero-order chi connectivity index (χ0) is 22.9. The van der Waals surface area contributed by atoms with Crippen LogP contribution in [-0.2, 0) is 11.3 Å². The number of aliphatic hydroxyl groups is 1. The van der Waals surface area contributed by atoms with E-state index in [-0.39, 0.29) is 18.6 Å². The Morgan fingerprint density at radius 3 is 2.12 bits per heavy atom. The molecule has 0 aliphatic heterocycles. The van der Waals surface area contributed by atoms with Crippen LogP contribution in [0.2, 0.25) is 0 Å². The quantitative estimate of drug-likeness (QED) is 0.670. The van der Waals surface area contributed by atoms with Crippen LogP contribution in [0.25, 0.3) is 0 Å². The van der Waals surface area contributed by atoms with Gasteiger partial charge in [-0.05, 0) is 31.2 Å². The highest BCUT2D eigenvalue weighted by atomic mass is 16.4. The number of aliphatic hydroxyl groups excluding tert-OH is 1. The van der Waals surface area contributed by atoms with Gasteiger partial charge in [-0.3, -0.25) is 9.69 Å². The van der Waals surface area contributed by atoms with Crippen LogP contribution in [-0.4, -0.2) is 57.7 Å². The van der Waals surface area contributed by atoms with Gasteiger partial charge in [0.2, 0.25) is 0 Å². The summed E-state index contributed by atoms with van der Waals surface area (Å²) in [6, 6.07) is 6.66. The number of nitrogens with one attached hydrogen (secondary N) is 1. The van der Waals surface area contributed by atoms with Gasteiger partial charge in [0.15, 0.2) is 0 Å².